The van der Waals surface area contributed by atoms with Crippen LogP contribution in [0.15, 0.2) is 42.5 Å². The molecule has 0 amide bonds. The molecule has 4 heteroatoms. The Hall–Kier alpha value is -2.62. The van der Waals surface area contributed by atoms with E-state index in [1.54, 1.807) is 18.2 Å². The van der Waals surface area contributed by atoms with Gasteiger partial charge in [0.2, 0.25) is 0 Å². The Kier molecular flexibility index (Phi) is 3.67. The van der Waals surface area contributed by atoms with Gasteiger partial charge in [0.25, 0.3) is 0 Å². The summed E-state index contributed by atoms with van der Waals surface area (Å²) in [4.78, 5) is 18.7. The van der Waals surface area contributed by atoms with Gasteiger partial charge in [-0.2, -0.15) is 0 Å². The van der Waals surface area contributed by atoms with Gasteiger partial charge in [-0.3, -0.25) is 0 Å². The van der Waals surface area contributed by atoms with Crippen LogP contribution in [-0.4, -0.2) is 21.0 Å². The van der Waals surface area contributed by atoms with E-state index in [2.05, 4.69) is 48.1 Å². The summed E-state index contributed by atoms with van der Waals surface area (Å²) < 4.78 is 0. The lowest BCUT2D eigenvalue weighted by Crippen LogP contribution is -1.94. The van der Waals surface area contributed by atoms with Crippen LogP contribution in [0.4, 0.5) is 0 Å². The molecule has 0 saturated heterocycles. The lowest BCUT2D eigenvalue weighted by Gasteiger charge is -2.05. The minimum Gasteiger partial charge on any atom is -0.478 e. The average Bonchev–Trinajstić information content (AvgIpc) is 2.88. The topological polar surface area (TPSA) is 66.0 Å². The van der Waals surface area contributed by atoms with Gasteiger partial charge in [-0.15, -0.1) is 0 Å². The number of carboxylic acids is 1. The van der Waals surface area contributed by atoms with Gasteiger partial charge in [-0.25, -0.2) is 9.78 Å². The maximum absolute atomic E-state index is 11.0. The summed E-state index contributed by atoms with van der Waals surface area (Å²) >= 11 is 0. The molecule has 0 aliphatic rings. The van der Waals surface area contributed by atoms with Crippen molar-refractivity contribution in [3.63, 3.8) is 0 Å². The molecule has 2 N–H and O–H groups in total. The minimum atomic E-state index is -0.928. The highest BCUT2D eigenvalue weighted by atomic mass is 16.4. The molecule has 112 valence electrons. The van der Waals surface area contributed by atoms with E-state index in [9.17, 15) is 4.79 Å². The highest BCUT2D eigenvalue weighted by Crippen LogP contribution is 2.18. The van der Waals surface area contributed by atoms with Gasteiger partial charge < -0.3 is 10.1 Å². The fourth-order valence-electron chi connectivity index (χ4n) is 2.49. The number of fused-ring (bicyclic) bond motifs is 1. The van der Waals surface area contributed by atoms with Crippen molar-refractivity contribution in [2.75, 3.05) is 0 Å². The first-order valence-electron chi connectivity index (χ1n) is 7.33. The molecule has 0 fully saturated rings. The Morgan fingerprint density at radius 3 is 2.55 bits per heavy atom. The number of nitrogens with zero attached hydrogens (tertiary/aromatic N) is 1. The summed E-state index contributed by atoms with van der Waals surface area (Å²) in [5.41, 5.74) is 4.32. The van der Waals surface area contributed by atoms with E-state index in [0.29, 0.717) is 12.3 Å². The smallest absolute Gasteiger partial charge is 0.335 e. The summed E-state index contributed by atoms with van der Waals surface area (Å²) in [5, 5.41) is 9.02. The van der Waals surface area contributed by atoms with Crippen LogP contribution in [0.2, 0.25) is 0 Å². The summed E-state index contributed by atoms with van der Waals surface area (Å²) in [6.45, 7) is 4.35. The fourth-order valence-corrected chi connectivity index (χ4v) is 2.49. The fraction of sp³-hybridized carbons (Fsp3) is 0.222. The van der Waals surface area contributed by atoms with Crippen LogP contribution in [0.5, 0.6) is 0 Å². The summed E-state index contributed by atoms with van der Waals surface area (Å²) in [5.74, 6) is 0.437. The van der Waals surface area contributed by atoms with Crippen molar-refractivity contribution in [1.82, 2.24) is 9.97 Å². The molecule has 0 atom stereocenters. The Bertz CT molecular complexity index is 817. The molecule has 0 radical (unpaired) electrons. The second-order valence-corrected chi connectivity index (χ2v) is 5.79. The molecule has 3 aromatic rings. The Balaban J connectivity index is 1.85. The standard InChI is InChI=1S/C18H18N2O2/c1-11(2)13-5-3-12(4-6-13)9-17-19-15-8-7-14(18(21)22)10-16(15)20-17/h3-8,10-11H,9H2,1-2H3,(H,19,20)(H,21,22). The van der Waals surface area contributed by atoms with Crippen LogP contribution in [-0.2, 0) is 6.42 Å². The molecule has 0 bridgehead atoms. The van der Waals surface area contributed by atoms with E-state index in [4.69, 9.17) is 5.11 Å². The van der Waals surface area contributed by atoms with Crippen molar-refractivity contribution in [3.8, 4) is 0 Å². The van der Waals surface area contributed by atoms with E-state index in [1.165, 1.54) is 11.1 Å². The number of rotatable bonds is 4. The van der Waals surface area contributed by atoms with E-state index in [-0.39, 0.29) is 5.56 Å². The third-order valence-corrected chi connectivity index (χ3v) is 3.80. The molecule has 0 spiro atoms. The number of hydrogen-bond donors (Lipinski definition) is 2. The molecule has 0 aliphatic heterocycles. The zero-order valence-electron chi connectivity index (χ0n) is 12.6. The first-order valence-corrected chi connectivity index (χ1v) is 7.33. The molecule has 1 aromatic heterocycles. The van der Waals surface area contributed by atoms with Gasteiger partial charge in [0.05, 0.1) is 16.6 Å². The quantitative estimate of drug-likeness (QED) is 0.765. The van der Waals surface area contributed by atoms with Crippen molar-refractivity contribution in [1.29, 1.82) is 0 Å². The SMILES string of the molecule is CC(C)c1ccc(Cc2nc3ccc(C(=O)O)cc3[nH]2)cc1. The number of aromatic amines is 1. The van der Waals surface area contributed by atoms with Crippen LogP contribution >= 0.6 is 0 Å². The van der Waals surface area contributed by atoms with E-state index in [0.717, 1.165) is 16.9 Å². The van der Waals surface area contributed by atoms with Crippen LogP contribution in [0.3, 0.4) is 0 Å². The zero-order chi connectivity index (χ0) is 15.7. The molecule has 1 heterocycles. The molecule has 0 saturated carbocycles. The van der Waals surface area contributed by atoms with Crippen molar-refractivity contribution >= 4 is 17.0 Å². The van der Waals surface area contributed by atoms with Crippen molar-refractivity contribution in [2.24, 2.45) is 0 Å². The number of benzene rings is 2. The van der Waals surface area contributed by atoms with Gasteiger partial charge in [0.15, 0.2) is 0 Å². The monoisotopic (exact) mass is 294 g/mol. The lowest BCUT2D eigenvalue weighted by molar-refractivity contribution is 0.0697. The lowest BCUT2D eigenvalue weighted by atomic mass is 10.0. The Morgan fingerprint density at radius 2 is 1.91 bits per heavy atom. The molecule has 0 aliphatic carbocycles. The maximum Gasteiger partial charge on any atom is 0.335 e. The predicted octanol–water partition coefficient (Wildman–Crippen LogP) is 3.98. The van der Waals surface area contributed by atoms with Gasteiger partial charge in [0, 0.05) is 6.42 Å². The maximum atomic E-state index is 11.0. The number of aromatic nitrogens is 2. The number of aromatic carboxylic acids is 1. The normalized spacial score (nSPS) is 11.2. The van der Waals surface area contributed by atoms with Crippen LogP contribution in [0, 0.1) is 0 Å². The van der Waals surface area contributed by atoms with Crippen LogP contribution in [0.1, 0.15) is 47.1 Å². The van der Waals surface area contributed by atoms with E-state index >= 15 is 0 Å². The third-order valence-electron chi connectivity index (χ3n) is 3.80. The first-order chi connectivity index (χ1) is 10.5. The highest BCUT2D eigenvalue weighted by molar-refractivity contribution is 5.92. The molecule has 3 rings (SSSR count). The average molecular weight is 294 g/mol. The second kappa shape index (κ2) is 5.64. The number of imidazole rings is 1. The number of carboxylic acid groups (broad SMARTS) is 1. The number of carbonyl (C=O) groups is 1. The zero-order valence-corrected chi connectivity index (χ0v) is 12.6. The van der Waals surface area contributed by atoms with Crippen molar-refractivity contribution in [2.45, 2.75) is 26.2 Å². The summed E-state index contributed by atoms with van der Waals surface area (Å²) in [7, 11) is 0. The molecule has 4 nitrogen and oxygen atoms in total. The molecule has 22 heavy (non-hydrogen) atoms. The van der Waals surface area contributed by atoms with E-state index in [1.807, 2.05) is 0 Å². The number of hydrogen-bond acceptors (Lipinski definition) is 2. The summed E-state index contributed by atoms with van der Waals surface area (Å²) in [6.07, 6.45) is 0.704. The van der Waals surface area contributed by atoms with E-state index < -0.39 is 5.97 Å². The highest BCUT2D eigenvalue weighted by Gasteiger charge is 2.08. The molecule has 0 unspecified atom stereocenters. The first kappa shape index (κ1) is 14.3. The Morgan fingerprint density at radius 1 is 1.18 bits per heavy atom. The molecular weight excluding hydrogens is 276 g/mol. The van der Waals surface area contributed by atoms with Crippen LogP contribution in [0.25, 0.3) is 11.0 Å². The number of H-pyrrole nitrogens is 1. The van der Waals surface area contributed by atoms with Crippen LogP contribution < -0.4 is 0 Å². The molecule has 2 aromatic carbocycles. The van der Waals surface area contributed by atoms with Crippen molar-refractivity contribution in [3.05, 3.63) is 65.0 Å². The minimum absolute atomic E-state index is 0.268. The third kappa shape index (κ3) is 2.86. The number of nitrogens with one attached hydrogen (secondary N) is 1. The Labute approximate surface area is 128 Å². The second-order valence-electron chi connectivity index (χ2n) is 5.79. The van der Waals surface area contributed by atoms with Gasteiger partial charge in [0.1, 0.15) is 5.82 Å². The largest absolute Gasteiger partial charge is 0.478 e. The van der Waals surface area contributed by atoms with Crippen molar-refractivity contribution < 1.29 is 9.90 Å². The van der Waals surface area contributed by atoms with Gasteiger partial charge >= 0.3 is 5.97 Å². The predicted molar refractivity (Wildman–Crippen MR) is 86.4 cm³/mol. The van der Waals surface area contributed by atoms with Gasteiger partial charge in [-0.1, -0.05) is 38.1 Å². The molecular formula is C18H18N2O2. The summed E-state index contributed by atoms with van der Waals surface area (Å²) in [6, 6.07) is 13.5. The van der Waals surface area contributed by atoms with Gasteiger partial charge in [-0.05, 0) is 35.2 Å².